The Balaban J connectivity index is 1.80. The largest absolute Gasteiger partial charge is 0.383 e. The van der Waals surface area contributed by atoms with E-state index >= 15 is 0 Å². The summed E-state index contributed by atoms with van der Waals surface area (Å²) in [7, 11) is 1.58. The molecular formula is C19H21N5O2S. The lowest BCUT2D eigenvalue weighted by molar-refractivity contribution is -0.116. The summed E-state index contributed by atoms with van der Waals surface area (Å²) in [4.78, 5) is 16.7. The normalized spacial score (nSPS) is 11.9. The molecule has 0 aliphatic rings. The maximum atomic E-state index is 12.7. The van der Waals surface area contributed by atoms with E-state index in [1.807, 2.05) is 54.0 Å². The highest BCUT2D eigenvalue weighted by Crippen LogP contribution is 2.27. The zero-order valence-electron chi connectivity index (χ0n) is 15.2. The molecule has 2 aromatic heterocycles. The number of thioether (sulfide) groups is 1. The van der Waals surface area contributed by atoms with Crippen molar-refractivity contribution >= 4 is 23.4 Å². The predicted molar refractivity (Wildman–Crippen MR) is 106 cm³/mol. The number of nitrogens with zero attached hydrogens (tertiary/aromatic N) is 4. The van der Waals surface area contributed by atoms with E-state index in [-0.39, 0.29) is 12.5 Å². The Bertz CT molecular complexity index is 870. The summed E-state index contributed by atoms with van der Waals surface area (Å²) in [6.45, 7) is 2.98. The van der Waals surface area contributed by atoms with Gasteiger partial charge in [-0.1, -0.05) is 30.0 Å². The molecule has 0 aliphatic carbocycles. The molecule has 1 unspecified atom stereocenters. The monoisotopic (exact) mass is 383 g/mol. The summed E-state index contributed by atoms with van der Waals surface area (Å²) in [6.07, 6.45) is 3.44. The predicted octanol–water partition coefficient (Wildman–Crippen LogP) is 3.11. The molecule has 140 valence electrons. The number of rotatable bonds is 8. The number of para-hydroxylation sites is 1. The molecule has 1 atom stereocenters. The van der Waals surface area contributed by atoms with Crippen LogP contribution in [0.5, 0.6) is 0 Å². The van der Waals surface area contributed by atoms with E-state index < -0.39 is 5.25 Å². The minimum atomic E-state index is -0.449. The quantitative estimate of drug-likeness (QED) is 0.602. The Morgan fingerprint density at radius 3 is 2.59 bits per heavy atom. The Hall–Kier alpha value is -2.71. The van der Waals surface area contributed by atoms with Gasteiger partial charge in [0.05, 0.1) is 6.61 Å². The molecule has 0 saturated carbocycles. The first kappa shape index (κ1) is 19.1. The van der Waals surface area contributed by atoms with Gasteiger partial charge in [-0.15, -0.1) is 10.2 Å². The smallest absolute Gasteiger partial charge is 0.240 e. The van der Waals surface area contributed by atoms with E-state index in [0.717, 1.165) is 17.1 Å². The van der Waals surface area contributed by atoms with Crippen molar-refractivity contribution in [3.8, 4) is 11.4 Å². The van der Waals surface area contributed by atoms with Crippen LogP contribution < -0.4 is 5.32 Å². The third-order valence-electron chi connectivity index (χ3n) is 3.87. The lowest BCUT2D eigenvalue weighted by atomic mass is 10.2. The molecule has 0 bridgehead atoms. The van der Waals surface area contributed by atoms with Crippen molar-refractivity contribution in [1.82, 2.24) is 19.7 Å². The zero-order chi connectivity index (χ0) is 19.1. The summed E-state index contributed by atoms with van der Waals surface area (Å²) in [5.41, 5.74) is 1.68. The van der Waals surface area contributed by atoms with E-state index in [2.05, 4.69) is 20.5 Å². The number of pyridine rings is 1. The number of methoxy groups -OCH3 is 1. The number of benzene rings is 1. The molecule has 8 heteroatoms. The van der Waals surface area contributed by atoms with E-state index in [9.17, 15) is 4.79 Å². The summed E-state index contributed by atoms with van der Waals surface area (Å²) in [5, 5.41) is 11.7. The first-order valence-corrected chi connectivity index (χ1v) is 9.46. The third-order valence-corrected chi connectivity index (χ3v) is 5.02. The van der Waals surface area contributed by atoms with Gasteiger partial charge in [0.25, 0.3) is 0 Å². The maximum Gasteiger partial charge on any atom is 0.240 e. The fourth-order valence-electron chi connectivity index (χ4n) is 2.56. The van der Waals surface area contributed by atoms with Crippen LogP contribution in [0.1, 0.15) is 6.92 Å². The molecule has 0 spiro atoms. The number of ether oxygens (including phenoxy) is 1. The highest BCUT2D eigenvalue weighted by Gasteiger charge is 2.24. The van der Waals surface area contributed by atoms with Gasteiger partial charge in [0.1, 0.15) is 5.25 Å². The molecule has 1 N–H and O–H groups in total. The number of hydrogen-bond acceptors (Lipinski definition) is 6. The van der Waals surface area contributed by atoms with Crippen LogP contribution in [0.25, 0.3) is 11.4 Å². The van der Waals surface area contributed by atoms with Crippen LogP contribution in [0.2, 0.25) is 0 Å². The molecule has 2 heterocycles. The third kappa shape index (κ3) is 4.72. The minimum absolute atomic E-state index is 0.135. The highest BCUT2D eigenvalue weighted by molar-refractivity contribution is 8.00. The van der Waals surface area contributed by atoms with Crippen molar-refractivity contribution in [2.24, 2.45) is 0 Å². The lowest BCUT2D eigenvalue weighted by Crippen LogP contribution is -2.29. The van der Waals surface area contributed by atoms with E-state index in [1.165, 1.54) is 11.8 Å². The van der Waals surface area contributed by atoms with Gasteiger partial charge in [0, 0.05) is 37.3 Å². The van der Waals surface area contributed by atoms with Gasteiger partial charge in [0.15, 0.2) is 11.0 Å². The molecule has 27 heavy (non-hydrogen) atoms. The Morgan fingerprint density at radius 2 is 1.93 bits per heavy atom. The molecule has 0 aliphatic heterocycles. The van der Waals surface area contributed by atoms with E-state index in [4.69, 9.17) is 4.74 Å². The first-order valence-electron chi connectivity index (χ1n) is 8.58. The fourth-order valence-corrected chi connectivity index (χ4v) is 3.62. The topological polar surface area (TPSA) is 81.9 Å². The van der Waals surface area contributed by atoms with Crippen LogP contribution >= 0.6 is 11.8 Å². The second kappa shape index (κ2) is 9.29. The number of amides is 1. The van der Waals surface area contributed by atoms with Gasteiger partial charge in [-0.25, -0.2) is 0 Å². The number of anilines is 1. The molecule has 0 radical (unpaired) electrons. The van der Waals surface area contributed by atoms with Crippen molar-refractivity contribution in [2.75, 3.05) is 19.0 Å². The van der Waals surface area contributed by atoms with Crippen LogP contribution in [-0.2, 0) is 16.1 Å². The number of nitrogens with one attached hydrogen (secondary N) is 1. The second-order valence-electron chi connectivity index (χ2n) is 5.70. The van der Waals surface area contributed by atoms with Crippen molar-refractivity contribution in [2.45, 2.75) is 23.9 Å². The summed E-state index contributed by atoms with van der Waals surface area (Å²) >= 11 is 1.34. The summed E-state index contributed by atoms with van der Waals surface area (Å²) < 4.78 is 7.24. The summed E-state index contributed by atoms with van der Waals surface area (Å²) in [6, 6.07) is 13.1. The molecule has 1 aromatic carbocycles. The van der Waals surface area contributed by atoms with Crippen molar-refractivity contribution in [3.63, 3.8) is 0 Å². The zero-order valence-corrected chi connectivity index (χ0v) is 16.0. The molecule has 7 nitrogen and oxygen atoms in total. The van der Waals surface area contributed by atoms with E-state index in [0.29, 0.717) is 11.7 Å². The molecule has 3 aromatic rings. The van der Waals surface area contributed by atoms with Crippen LogP contribution in [0, 0.1) is 0 Å². The van der Waals surface area contributed by atoms with Gasteiger partial charge in [-0.3, -0.25) is 9.78 Å². The average Bonchev–Trinajstić information content (AvgIpc) is 3.11. The number of carbonyl (C=O) groups excluding carboxylic acids is 1. The Morgan fingerprint density at radius 1 is 1.19 bits per heavy atom. The molecule has 3 rings (SSSR count). The molecular weight excluding hydrogens is 362 g/mol. The van der Waals surface area contributed by atoms with Crippen LogP contribution in [-0.4, -0.2) is 44.6 Å². The molecule has 0 saturated heterocycles. The van der Waals surface area contributed by atoms with E-state index in [1.54, 1.807) is 19.5 Å². The van der Waals surface area contributed by atoms with Gasteiger partial charge < -0.3 is 14.6 Å². The van der Waals surface area contributed by atoms with Gasteiger partial charge in [-0.05, 0) is 31.2 Å². The Labute approximate surface area is 162 Å². The lowest BCUT2D eigenvalue weighted by Gasteiger charge is -2.16. The van der Waals surface area contributed by atoms with Crippen molar-refractivity contribution in [1.29, 1.82) is 0 Å². The van der Waals surface area contributed by atoms with Crippen LogP contribution in [0.4, 0.5) is 5.69 Å². The van der Waals surface area contributed by atoms with Crippen molar-refractivity contribution < 1.29 is 9.53 Å². The van der Waals surface area contributed by atoms with Gasteiger partial charge >= 0.3 is 0 Å². The average molecular weight is 383 g/mol. The molecule has 1 amide bonds. The minimum Gasteiger partial charge on any atom is -0.383 e. The fraction of sp³-hybridized carbons (Fsp3) is 0.263. The second-order valence-corrected chi connectivity index (χ2v) is 6.87. The molecule has 0 fully saturated rings. The first-order chi connectivity index (χ1) is 13.2. The van der Waals surface area contributed by atoms with Crippen LogP contribution in [0.3, 0.4) is 0 Å². The van der Waals surface area contributed by atoms with Gasteiger partial charge in [-0.2, -0.15) is 0 Å². The maximum absolute atomic E-state index is 12.7. The number of carbonyl (C=O) groups is 1. The van der Waals surface area contributed by atoms with Crippen molar-refractivity contribution in [3.05, 3.63) is 54.9 Å². The summed E-state index contributed by atoms with van der Waals surface area (Å²) in [5.74, 6) is 0.617. The number of aromatic nitrogens is 4. The van der Waals surface area contributed by atoms with Gasteiger partial charge in [0.2, 0.25) is 5.91 Å². The standard InChI is InChI=1S/C19H21N5O2S/c1-3-24-17(14-9-11-20-12-10-14)22-23-19(24)27-16(13-26-2)18(25)21-15-7-5-4-6-8-15/h4-12,16H,3,13H2,1-2H3,(H,21,25). The van der Waals surface area contributed by atoms with Crippen LogP contribution in [0.15, 0.2) is 60.0 Å². The number of hydrogen-bond donors (Lipinski definition) is 1. The Kier molecular flexibility index (Phi) is 6.56. The highest BCUT2D eigenvalue weighted by atomic mass is 32.2. The SMILES string of the molecule is CCn1c(SC(COC)C(=O)Nc2ccccc2)nnc1-c1ccncc1.